The molecule has 0 aliphatic heterocycles. The summed E-state index contributed by atoms with van der Waals surface area (Å²) in [6.07, 6.45) is 7.88. The molecule has 0 spiro atoms. The first-order valence-corrected chi connectivity index (χ1v) is 6.07. The van der Waals surface area contributed by atoms with Gasteiger partial charge in [0.15, 0.2) is 0 Å². The van der Waals surface area contributed by atoms with Crippen LogP contribution in [0.2, 0.25) is 0 Å². The molecule has 1 saturated carbocycles. The lowest BCUT2D eigenvalue weighted by Crippen LogP contribution is -2.43. The monoisotopic (exact) mass is 236 g/mol. The van der Waals surface area contributed by atoms with Crippen LogP contribution in [0.3, 0.4) is 0 Å². The third-order valence-electron chi connectivity index (χ3n) is 3.43. The van der Waals surface area contributed by atoms with E-state index in [0.717, 1.165) is 0 Å². The van der Waals surface area contributed by atoms with Crippen LogP contribution in [-0.2, 0) is 4.84 Å². The Kier molecular flexibility index (Phi) is 5.76. The number of nitriles is 2. The Morgan fingerprint density at radius 3 is 2.41 bits per heavy atom. The molecule has 1 unspecified atom stereocenters. The van der Waals surface area contributed by atoms with Gasteiger partial charge in [0.25, 0.3) is 0 Å². The Morgan fingerprint density at radius 1 is 1.24 bits per heavy atom. The van der Waals surface area contributed by atoms with Crippen molar-refractivity contribution in [2.24, 2.45) is 0 Å². The van der Waals surface area contributed by atoms with Crippen LogP contribution in [0.4, 0.5) is 0 Å². The number of likely N-dealkylation sites (N-methyl/N-ethyl adjacent to an activating group) is 2. The summed E-state index contributed by atoms with van der Waals surface area (Å²) < 4.78 is 0. The molecule has 0 heterocycles. The smallest absolute Gasteiger partial charge is 0.307 e. The molecule has 1 rings (SSSR count). The van der Waals surface area contributed by atoms with Gasteiger partial charge in [-0.15, -0.1) is 10.3 Å². The topological polar surface area (TPSA) is 63.3 Å². The van der Waals surface area contributed by atoms with Gasteiger partial charge in [-0.3, -0.25) is 0 Å². The Hall–Kier alpha value is -1.30. The summed E-state index contributed by atoms with van der Waals surface area (Å²) in [5.74, 6) is 0. The normalized spacial score (nSPS) is 18.7. The van der Waals surface area contributed by atoms with Crippen LogP contribution in [0.15, 0.2) is 0 Å². The molecular formula is C12H20N4O. The van der Waals surface area contributed by atoms with E-state index in [9.17, 15) is 0 Å². The van der Waals surface area contributed by atoms with Gasteiger partial charge < -0.3 is 9.74 Å². The van der Waals surface area contributed by atoms with Gasteiger partial charge in [-0.05, 0) is 19.9 Å². The minimum Gasteiger partial charge on any atom is -0.326 e. The van der Waals surface area contributed by atoms with Crippen molar-refractivity contribution in [1.29, 1.82) is 10.5 Å². The molecule has 5 heteroatoms. The average molecular weight is 236 g/mol. The predicted octanol–water partition coefficient (Wildman–Crippen LogP) is 1.49. The second-order valence-electron chi connectivity index (χ2n) is 4.61. The van der Waals surface area contributed by atoms with Crippen LogP contribution in [0.25, 0.3) is 0 Å². The van der Waals surface area contributed by atoms with E-state index < -0.39 is 6.04 Å². The highest BCUT2D eigenvalue weighted by Gasteiger charge is 2.23. The van der Waals surface area contributed by atoms with Crippen molar-refractivity contribution in [3.8, 4) is 12.3 Å². The van der Waals surface area contributed by atoms with Crippen molar-refractivity contribution in [2.75, 3.05) is 20.6 Å². The van der Waals surface area contributed by atoms with Gasteiger partial charge in [-0.25, -0.2) is 0 Å². The zero-order valence-corrected chi connectivity index (χ0v) is 10.6. The molecule has 0 aromatic heterocycles. The molecule has 1 atom stereocenters. The van der Waals surface area contributed by atoms with Crippen molar-refractivity contribution in [2.45, 2.75) is 44.2 Å². The Bertz CT molecular complexity index is 301. The number of rotatable bonds is 5. The molecule has 0 aromatic carbocycles. The zero-order chi connectivity index (χ0) is 12.7. The van der Waals surface area contributed by atoms with Crippen LogP contribution in [-0.4, -0.2) is 42.7 Å². The second-order valence-corrected chi connectivity index (χ2v) is 4.61. The molecule has 1 fully saturated rings. The van der Waals surface area contributed by atoms with Crippen molar-refractivity contribution < 1.29 is 4.84 Å². The number of nitrogens with zero attached hydrogens (tertiary/aromatic N) is 4. The third-order valence-corrected chi connectivity index (χ3v) is 3.43. The fourth-order valence-corrected chi connectivity index (χ4v) is 2.31. The molecule has 94 valence electrons. The summed E-state index contributed by atoms with van der Waals surface area (Å²) in [5.41, 5.74) is 0. The maximum atomic E-state index is 9.06. The van der Waals surface area contributed by atoms with Crippen molar-refractivity contribution in [1.82, 2.24) is 9.96 Å². The fraction of sp³-hybridized carbons (Fsp3) is 0.833. The lowest BCUT2D eigenvalue weighted by molar-refractivity contribution is -0.0939. The van der Waals surface area contributed by atoms with Gasteiger partial charge in [-0.1, -0.05) is 19.3 Å². The quantitative estimate of drug-likeness (QED) is 0.534. The first-order chi connectivity index (χ1) is 8.19. The van der Waals surface area contributed by atoms with Gasteiger partial charge in [0.2, 0.25) is 0 Å². The Balaban J connectivity index is 2.44. The van der Waals surface area contributed by atoms with E-state index in [1.807, 2.05) is 7.05 Å². The number of hydroxylamine groups is 2. The first-order valence-electron chi connectivity index (χ1n) is 6.07. The summed E-state index contributed by atoms with van der Waals surface area (Å²) >= 11 is 0. The lowest BCUT2D eigenvalue weighted by Gasteiger charge is -2.33. The van der Waals surface area contributed by atoms with Crippen LogP contribution in [0.5, 0.6) is 0 Å². The van der Waals surface area contributed by atoms with Crippen LogP contribution >= 0.6 is 0 Å². The highest BCUT2D eigenvalue weighted by atomic mass is 16.7. The van der Waals surface area contributed by atoms with Gasteiger partial charge in [-0.2, -0.15) is 5.26 Å². The van der Waals surface area contributed by atoms with E-state index in [1.165, 1.54) is 37.2 Å². The van der Waals surface area contributed by atoms with E-state index in [4.69, 9.17) is 10.5 Å². The Labute approximate surface area is 103 Å². The third kappa shape index (κ3) is 4.22. The van der Waals surface area contributed by atoms with Gasteiger partial charge in [0, 0.05) is 19.6 Å². The summed E-state index contributed by atoms with van der Waals surface area (Å²) in [7, 11) is 3.66. The summed E-state index contributed by atoms with van der Waals surface area (Å²) in [5, 5.41) is 18.8. The number of hydrogen-bond donors (Lipinski definition) is 0. The number of hydrogen-bond acceptors (Lipinski definition) is 5. The van der Waals surface area contributed by atoms with Gasteiger partial charge in [0.1, 0.15) is 6.04 Å². The molecular weight excluding hydrogens is 216 g/mol. The summed E-state index contributed by atoms with van der Waals surface area (Å²) in [6.45, 7) is 0.610. The van der Waals surface area contributed by atoms with Crippen LogP contribution in [0, 0.1) is 22.8 Å². The molecule has 1 aliphatic rings. The second kappa shape index (κ2) is 7.11. The highest BCUT2D eigenvalue weighted by molar-refractivity contribution is 4.92. The Morgan fingerprint density at radius 2 is 1.88 bits per heavy atom. The van der Waals surface area contributed by atoms with E-state index in [-0.39, 0.29) is 0 Å². The fourth-order valence-electron chi connectivity index (χ4n) is 2.31. The largest absolute Gasteiger partial charge is 0.326 e. The minimum absolute atomic E-state index is 0.401. The SMILES string of the molecule is CN(CC(C#N)N(C)OC#N)C1CCCCC1. The first kappa shape index (κ1) is 13.8. The van der Waals surface area contributed by atoms with Crippen molar-refractivity contribution in [3.63, 3.8) is 0 Å². The van der Waals surface area contributed by atoms with Crippen molar-refractivity contribution >= 4 is 0 Å². The maximum Gasteiger partial charge on any atom is 0.307 e. The molecule has 0 radical (unpaired) electrons. The van der Waals surface area contributed by atoms with Gasteiger partial charge in [0.05, 0.1) is 6.07 Å². The molecule has 0 bridgehead atoms. The van der Waals surface area contributed by atoms with E-state index in [1.54, 1.807) is 13.3 Å². The molecule has 0 amide bonds. The summed E-state index contributed by atoms with van der Waals surface area (Å²) in [4.78, 5) is 6.89. The molecule has 5 nitrogen and oxygen atoms in total. The highest BCUT2D eigenvalue weighted by Crippen LogP contribution is 2.21. The van der Waals surface area contributed by atoms with Crippen LogP contribution in [0.1, 0.15) is 32.1 Å². The zero-order valence-electron chi connectivity index (χ0n) is 10.6. The molecule has 1 aliphatic carbocycles. The molecule has 0 aromatic rings. The molecule has 17 heavy (non-hydrogen) atoms. The van der Waals surface area contributed by atoms with E-state index >= 15 is 0 Å². The average Bonchev–Trinajstić information content (AvgIpc) is 2.37. The molecule has 0 saturated heterocycles. The van der Waals surface area contributed by atoms with Gasteiger partial charge >= 0.3 is 6.26 Å². The standard InChI is InChI=1S/C12H20N4O/c1-15(11-6-4-3-5-7-11)9-12(8-13)16(2)17-10-14/h11-12H,3-7,9H2,1-2H3. The van der Waals surface area contributed by atoms with E-state index in [2.05, 4.69) is 15.8 Å². The van der Waals surface area contributed by atoms with E-state index in [0.29, 0.717) is 12.6 Å². The minimum atomic E-state index is -0.401. The lowest BCUT2D eigenvalue weighted by atomic mass is 9.94. The molecule has 0 N–H and O–H groups in total. The maximum absolute atomic E-state index is 9.06. The van der Waals surface area contributed by atoms with Crippen LogP contribution < -0.4 is 0 Å². The van der Waals surface area contributed by atoms with Crippen molar-refractivity contribution in [3.05, 3.63) is 0 Å². The summed E-state index contributed by atoms with van der Waals surface area (Å²) in [6, 6.07) is 2.33. The predicted molar refractivity (Wildman–Crippen MR) is 63.4 cm³/mol.